The number of nitrogens with one attached hydrogen (secondary N) is 1. The summed E-state index contributed by atoms with van der Waals surface area (Å²) in [5.74, 6) is 0.794. The smallest absolute Gasteiger partial charge is 0.255 e. The molecule has 0 unspecified atom stereocenters. The van der Waals surface area contributed by atoms with E-state index in [4.69, 9.17) is 23.2 Å². The number of fused-ring (bicyclic) bond motifs is 1. The van der Waals surface area contributed by atoms with Gasteiger partial charge in [-0.15, -0.1) is 0 Å². The summed E-state index contributed by atoms with van der Waals surface area (Å²) in [6.07, 6.45) is 2.57. The van der Waals surface area contributed by atoms with E-state index in [-0.39, 0.29) is 5.56 Å². The first-order chi connectivity index (χ1) is 11.1. The van der Waals surface area contributed by atoms with Gasteiger partial charge < -0.3 is 4.98 Å². The number of rotatable bonds is 4. The van der Waals surface area contributed by atoms with E-state index in [9.17, 15) is 4.79 Å². The lowest BCUT2D eigenvalue weighted by Crippen LogP contribution is -2.35. The summed E-state index contributed by atoms with van der Waals surface area (Å²) in [6.45, 7) is 4.20. The highest BCUT2D eigenvalue weighted by Crippen LogP contribution is 2.24. The average molecular weight is 352 g/mol. The SMILES string of the molecule is CCCc1nc2c(c(=O)[nH]1)CN(Cc1cc(Cl)ccc1Cl)CC2. The van der Waals surface area contributed by atoms with Crippen LogP contribution in [-0.2, 0) is 25.9 Å². The molecule has 23 heavy (non-hydrogen) atoms. The Bertz CT molecular complexity index is 773. The van der Waals surface area contributed by atoms with Crippen LogP contribution >= 0.6 is 23.2 Å². The van der Waals surface area contributed by atoms with Crippen LogP contribution in [0.4, 0.5) is 0 Å². The van der Waals surface area contributed by atoms with E-state index in [2.05, 4.69) is 21.8 Å². The Kier molecular flexibility index (Phi) is 5.05. The molecule has 0 amide bonds. The Labute approximate surface area is 145 Å². The molecular formula is C17H19Cl2N3O. The molecular weight excluding hydrogens is 333 g/mol. The first-order valence-electron chi connectivity index (χ1n) is 7.84. The molecule has 0 aliphatic carbocycles. The minimum absolute atomic E-state index is 0.0136. The van der Waals surface area contributed by atoms with Gasteiger partial charge in [0.1, 0.15) is 5.82 Å². The summed E-state index contributed by atoms with van der Waals surface area (Å²) >= 11 is 12.3. The Morgan fingerprint density at radius 2 is 2.17 bits per heavy atom. The molecule has 0 bridgehead atoms. The topological polar surface area (TPSA) is 49.0 Å². The summed E-state index contributed by atoms with van der Waals surface area (Å²) in [4.78, 5) is 22.0. The van der Waals surface area contributed by atoms with E-state index in [1.54, 1.807) is 6.07 Å². The van der Waals surface area contributed by atoms with Gasteiger partial charge in [0.05, 0.1) is 11.3 Å². The van der Waals surface area contributed by atoms with E-state index in [0.717, 1.165) is 48.5 Å². The molecule has 0 spiro atoms. The second kappa shape index (κ2) is 7.04. The number of aromatic nitrogens is 2. The molecule has 2 aromatic rings. The molecule has 122 valence electrons. The molecule has 6 heteroatoms. The number of halogens is 2. The summed E-state index contributed by atoms with van der Waals surface area (Å²) < 4.78 is 0. The van der Waals surface area contributed by atoms with Crippen LogP contribution in [0, 0.1) is 0 Å². The Morgan fingerprint density at radius 1 is 1.35 bits per heavy atom. The number of aromatic amines is 1. The van der Waals surface area contributed by atoms with Gasteiger partial charge in [0.2, 0.25) is 0 Å². The highest BCUT2D eigenvalue weighted by molar-refractivity contribution is 6.33. The molecule has 1 aliphatic rings. The number of hydrogen-bond acceptors (Lipinski definition) is 3. The average Bonchev–Trinajstić information content (AvgIpc) is 2.52. The molecule has 0 saturated carbocycles. The fraction of sp³-hybridized carbons (Fsp3) is 0.412. The van der Waals surface area contributed by atoms with Crippen molar-refractivity contribution in [1.82, 2.24) is 14.9 Å². The normalized spacial score (nSPS) is 14.7. The third-order valence-electron chi connectivity index (χ3n) is 4.09. The number of benzene rings is 1. The molecule has 0 radical (unpaired) electrons. The predicted octanol–water partition coefficient (Wildman–Crippen LogP) is 3.59. The van der Waals surface area contributed by atoms with Gasteiger partial charge in [0.15, 0.2) is 0 Å². The Morgan fingerprint density at radius 3 is 2.96 bits per heavy atom. The van der Waals surface area contributed by atoms with Crippen molar-refractivity contribution >= 4 is 23.2 Å². The van der Waals surface area contributed by atoms with Crippen molar-refractivity contribution in [3.8, 4) is 0 Å². The molecule has 0 atom stereocenters. The zero-order valence-corrected chi connectivity index (χ0v) is 14.5. The first-order valence-corrected chi connectivity index (χ1v) is 8.59. The van der Waals surface area contributed by atoms with Crippen molar-refractivity contribution in [2.24, 2.45) is 0 Å². The standard InChI is InChI=1S/C17H19Cl2N3O/c1-2-3-16-20-15-6-7-22(10-13(15)17(23)21-16)9-11-8-12(18)4-5-14(11)19/h4-5,8H,2-3,6-7,9-10H2,1H3,(H,20,21,23). The van der Waals surface area contributed by atoms with Crippen LogP contribution in [-0.4, -0.2) is 21.4 Å². The monoisotopic (exact) mass is 351 g/mol. The van der Waals surface area contributed by atoms with Gasteiger partial charge in [0, 0.05) is 42.5 Å². The zero-order chi connectivity index (χ0) is 16.4. The number of H-pyrrole nitrogens is 1. The quantitative estimate of drug-likeness (QED) is 0.915. The third kappa shape index (κ3) is 3.77. The molecule has 1 N–H and O–H groups in total. The van der Waals surface area contributed by atoms with Gasteiger partial charge in [-0.05, 0) is 30.2 Å². The van der Waals surface area contributed by atoms with Crippen LogP contribution in [0.3, 0.4) is 0 Å². The van der Waals surface area contributed by atoms with Gasteiger partial charge >= 0.3 is 0 Å². The lowest BCUT2D eigenvalue weighted by atomic mass is 10.1. The van der Waals surface area contributed by atoms with Crippen LogP contribution in [0.1, 0.15) is 36.0 Å². The van der Waals surface area contributed by atoms with E-state index >= 15 is 0 Å². The Balaban J connectivity index is 1.80. The fourth-order valence-corrected chi connectivity index (χ4v) is 3.30. The van der Waals surface area contributed by atoms with Crippen LogP contribution in [0.15, 0.2) is 23.0 Å². The highest BCUT2D eigenvalue weighted by Gasteiger charge is 2.21. The summed E-state index contributed by atoms with van der Waals surface area (Å²) in [7, 11) is 0. The van der Waals surface area contributed by atoms with Crippen molar-refractivity contribution < 1.29 is 0 Å². The third-order valence-corrected chi connectivity index (χ3v) is 4.69. The van der Waals surface area contributed by atoms with Crippen molar-refractivity contribution in [2.75, 3.05) is 6.54 Å². The lowest BCUT2D eigenvalue weighted by molar-refractivity contribution is 0.241. The largest absolute Gasteiger partial charge is 0.310 e. The minimum atomic E-state index is -0.0136. The summed E-state index contributed by atoms with van der Waals surface area (Å²) in [6, 6.07) is 5.47. The maximum absolute atomic E-state index is 12.3. The second-order valence-electron chi connectivity index (χ2n) is 5.88. The highest BCUT2D eigenvalue weighted by atomic mass is 35.5. The van der Waals surface area contributed by atoms with Crippen LogP contribution < -0.4 is 5.56 Å². The molecule has 1 aromatic heterocycles. The molecule has 4 nitrogen and oxygen atoms in total. The van der Waals surface area contributed by atoms with Crippen molar-refractivity contribution in [3.05, 3.63) is 61.2 Å². The number of aryl methyl sites for hydroxylation is 1. The maximum atomic E-state index is 12.3. The van der Waals surface area contributed by atoms with E-state index in [0.29, 0.717) is 23.1 Å². The van der Waals surface area contributed by atoms with E-state index in [1.165, 1.54) is 0 Å². The van der Waals surface area contributed by atoms with Crippen molar-refractivity contribution in [1.29, 1.82) is 0 Å². The lowest BCUT2D eigenvalue weighted by Gasteiger charge is -2.28. The van der Waals surface area contributed by atoms with Gasteiger partial charge in [0.25, 0.3) is 5.56 Å². The Hall–Kier alpha value is -1.36. The predicted molar refractivity (Wildman–Crippen MR) is 93.1 cm³/mol. The molecule has 0 saturated heterocycles. The first kappa shape index (κ1) is 16.5. The molecule has 2 heterocycles. The van der Waals surface area contributed by atoms with Crippen molar-refractivity contribution in [2.45, 2.75) is 39.3 Å². The van der Waals surface area contributed by atoms with Crippen LogP contribution in [0.2, 0.25) is 10.0 Å². The molecule has 1 aromatic carbocycles. The summed E-state index contributed by atoms with van der Waals surface area (Å²) in [5.41, 5.74) is 2.68. The molecule has 0 fully saturated rings. The van der Waals surface area contributed by atoms with Gasteiger partial charge in [-0.1, -0.05) is 30.1 Å². The second-order valence-corrected chi connectivity index (χ2v) is 6.73. The van der Waals surface area contributed by atoms with E-state index in [1.807, 2.05) is 12.1 Å². The van der Waals surface area contributed by atoms with Gasteiger partial charge in [-0.3, -0.25) is 9.69 Å². The van der Waals surface area contributed by atoms with Crippen LogP contribution in [0.25, 0.3) is 0 Å². The minimum Gasteiger partial charge on any atom is -0.310 e. The zero-order valence-electron chi connectivity index (χ0n) is 13.0. The van der Waals surface area contributed by atoms with Crippen molar-refractivity contribution in [3.63, 3.8) is 0 Å². The van der Waals surface area contributed by atoms with Gasteiger partial charge in [-0.25, -0.2) is 4.98 Å². The maximum Gasteiger partial charge on any atom is 0.255 e. The fourth-order valence-electron chi connectivity index (χ4n) is 2.93. The molecule has 3 rings (SSSR count). The van der Waals surface area contributed by atoms with Gasteiger partial charge in [-0.2, -0.15) is 0 Å². The van der Waals surface area contributed by atoms with Crippen LogP contribution in [0.5, 0.6) is 0 Å². The number of hydrogen-bond donors (Lipinski definition) is 1. The molecule has 1 aliphatic heterocycles. The summed E-state index contributed by atoms with van der Waals surface area (Å²) in [5, 5.41) is 1.37. The van der Waals surface area contributed by atoms with E-state index < -0.39 is 0 Å². The number of nitrogens with zero attached hydrogens (tertiary/aromatic N) is 2.